The van der Waals surface area contributed by atoms with Gasteiger partial charge < -0.3 is 5.11 Å². The minimum absolute atomic E-state index is 0.114. The van der Waals surface area contributed by atoms with E-state index in [0.717, 1.165) is 17.6 Å². The van der Waals surface area contributed by atoms with Crippen molar-refractivity contribution in [3.05, 3.63) is 30.0 Å². The second-order valence-electron chi connectivity index (χ2n) is 5.73. The smallest absolute Gasteiger partial charge is 0.0709 e. The Morgan fingerprint density at radius 1 is 1.33 bits per heavy atom. The average Bonchev–Trinajstić information content (AvgIpc) is 2.66. The lowest BCUT2D eigenvalue weighted by Crippen LogP contribution is -2.30. The van der Waals surface area contributed by atoms with Gasteiger partial charge in [0, 0.05) is 19.0 Å². The van der Waals surface area contributed by atoms with E-state index in [0.29, 0.717) is 5.92 Å². The van der Waals surface area contributed by atoms with E-state index in [2.05, 4.69) is 38.0 Å². The summed E-state index contributed by atoms with van der Waals surface area (Å²) in [6, 6.07) is 8.26. The molecule has 2 rings (SSSR count). The van der Waals surface area contributed by atoms with Gasteiger partial charge in [-0.15, -0.1) is 0 Å². The number of aliphatic hydroxyl groups is 1. The van der Waals surface area contributed by atoms with Gasteiger partial charge in [0.25, 0.3) is 0 Å². The fourth-order valence-corrected chi connectivity index (χ4v) is 2.24. The minimum atomic E-state index is -0.114. The lowest BCUT2D eigenvalue weighted by Gasteiger charge is -2.31. The van der Waals surface area contributed by atoms with Crippen molar-refractivity contribution in [2.24, 2.45) is 18.4 Å². The van der Waals surface area contributed by atoms with E-state index in [1.165, 1.54) is 5.39 Å². The maximum Gasteiger partial charge on any atom is 0.0709 e. The van der Waals surface area contributed by atoms with E-state index in [1.807, 2.05) is 23.9 Å². The molecule has 0 aliphatic heterocycles. The van der Waals surface area contributed by atoms with Crippen LogP contribution < -0.4 is 0 Å². The third-order valence-corrected chi connectivity index (χ3v) is 4.16. The number of aromatic nitrogens is 2. The summed E-state index contributed by atoms with van der Waals surface area (Å²) in [5, 5.41) is 15.5. The minimum Gasteiger partial charge on any atom is -0.396 e. The second-order valence-corrected chi connectivity index (χ2v) is 5.73. The molecule has 1 aromatic carbocycles. The standard InChI is InChI=1S/C15H22N2O/c1-11(2)15(3,10-18)9-13-12-7-5-6-8-14(12)17(4)16-13/h5-8,11,18H,9-10H2,1-4H3. The van der Waals surface area contributed by atoms with E-state index < -0.39 is 0 Å². The van der Waals surface area contributed by atoms with E-state index in [1.54, 1.807) is 0 Å². The zero-order valence-corrected chi connectivity index (χ0v) is 11.6. The zero-order valence-electron chi connectivity index (χ0n) is 11.6. The van der Waals surface area contributed by atoms with Crippen LogP contribution in [0.25, 0.3) is 10.9 Å². The van der Waals surface area contributed by atoms with Crippen LogP contribution in [-0.2, 0) is 13.5 Å². The molecule has 0 saturated carbocycles. The highest BCUT2D eigenvalue weighted by atomic mass is 16.3. The third-order valence-electron chi connectivity index (χ3n) is 4.16. The summed E-state index contributed by atoms with van der Waals surface area (Å²) in [4.78, 5) is 0. The molecule has 1 N–H and O–H groups in total. The molecular formula is C15H22N2O. The molecule has 0 aliphatic rings. The van der Waals surface area contributed by atoms with Gasteiger partial charge in [-0.25, -0.2) is 0 Å². The van der Waals surface area contributed by atoms with Crippen molar-refractivity contribution in [3.63, 3.8) is 0 Å². The van der Waals surface area contributed by atoms with E-state index in [-0.39, 0.29) is 12.0 Å². The van der Waals surface area contributed by atoms with Gasteiger partial charge in [0.05, 0.1) is 11.2 Å². The van der Waals surface area contributed by atoms with Crippen molar-refractivity contribution in [2.75, 3.05) is 6.61 Å². The Morgan fingerprint density at radius 2 is 2.00 bits per heavy atom. The van der Waals surface area contributed by atoms with Gasteiger partial charge in [-0.1, -0.05) is 39.0 Å². The Labute approximate surface area is 108 Å². The fraction of sp³-hybridized carbons (Fsp3) is 0.533. The molecule has 1 atom stereocenters. The van der Waals surface area contributed by atoms with Gasteiger partial charge in [-0.3, -0.25) is 4.68 Å². The second kappa shape index (κ2) is 4.73. The predicted molar refractivity (Wildman–Crippen MR) is 74.4 cm³/mol. The topological polar surface area (TPSA) is 38.1 Å². The van der Waals surface area contributed by atoms with E-state index in [9.17, 15) is 5.11 Å². The molecule has 2 aromatic rings. The molecule has 0 radical (unpaired) electrons. The largest absolute Gasteiger partial charge is 0.396 e. The molecule has 0 aliphatic carbocycles. The highest BCUT2D eigenvalue weighted by molar-refractivity contribution is 5.81. The lowest BCUT2D eigenvalue weighted by molar-refractivity contribution is 0.0939. The molecule has 0 bridgehead atoms. The first kappa shape index (κ1) is 13.1. The molecule has 1 aromatic heterocycles. The first-order valence-corrected chi connectivity index (χ1v) is 6.49. The molecule has 0 amide bonds. The van der Waals surface area contributed by atoms with Crippen molar-refractivity contribution < 1.29 is 5.11 Å². The lowest BCUT2D eigenvalue weighted by atomic mass is 9.76. The Bertz CT molecular complexity index is 544. The Kier molecular flexibility index (Phi) is 3.44. The van der Waals surface area contributed by atoms with Crippen molar-refractivity contribution in [2.45, 2.75) is 27.2 Å². The maximum atomic E-state index is 9.66. The van der Waals surface area contributed by atoms with Crippen LogP contribution in [0.3, 0.4) is 0 Å². The molecule has 98 valence electrons. The van der Waals surface area contributed by atoms with E-state index in [4.69, 9.17) is 0 Å². The summed E-state index contributed by atoms with van der Waals surface area (Å²) in [5.41, 5.74) is 2.12. The van der Waals surface area contributed by atoms with Crippen molar-refractivity contribution >= 4 is 10.9 Å². The number of fused-ring (bicyclic) bond motifs is 1. The Hall–Kier alpha value is -1.35. The number of aliphatic hydroxyl groups excluding tert-OH is 1. The van der Waals surface area contributed by atoms with Gasteiger partial charge in [0.1, 0.15) is 0 Å². The van der Waals surface area contributed by atoms with Gasteiger partial charge in [-0.2, -0.15) is 5.10 Å². The number of aryl methyl sites for hydroxylation is 1. The molecule has 18 heavy (non-hydrogen) atoms. The predicted octanol–water partition coefficient (Wildman–Crippen LogP) is 2.77. The van der Waals surface area contributed by atoms with Gasteiger partial charge in [0.2, 0.25) is 0 Å². The van der Waals surface area contributed by atoms with Crippen LogP contribution in [0.2, 0.25) is 0 Å². The van der Waals surface area contributed by atoms with Gasteiger partial charge in [0.15, 0.2) is 0 Å². The summed E-state index contributed by atoms with van der Waals surface area (Å²) in [6.07, 6.45) is 0.808. The first-order valence-electron chi connectivity index (χ1n) is 6.49. The summed E-state index contributed by atoms with van der Waals surface area (Å²) >= 11 is 0. The summed E-state index contributed by atoms with van der Waals surface area (Å²) in [7, 11) is 1.97. The molecule has 1 heterocycles. The van der Waals surface area contributed by atoms with Gasteiger partial charge >= 0.3 is 0 Å². The number of benzene rings is 1. The van der Waals surface area contributed by atoms with Crippen LogP contribution in [0, 0.1) is 11.3 Å². The number of hydrogen-bond donors (Lipinski definition) is 1. The van der Waals surface area contributed by atoms with Crippen molar-refractivity contribution in [3.8, 4) is 0 Å². The van der Waals surface area contributed by atoms with Crippen LogP contribution in [-0.4, -0.2) is 21.5 Å². The monoisotopic (exact) mass is 246 g/mol. The van der Waals surface area contributed by atoms with E-state index >= 15 is 0 Å². The normalized spacial score (nSPS) is 15.2. The Balaban J connectivity index is 2.43. The van der Waals surface area contributed by atoms with Crippen LogP contribution >= 0.6 is 0 Å². The molecule has 1 unspecified atom stereocenters. The molecular weight excluding hydrogens is 224 g/mol. The summed E-state index contributed by atoms with van der Waals surface area (Å²) in [6.45, 7) is 6.62. The quantitative estimate of drug-likeness (QED) is 0.900. The highest BCUT2D eigenvalue weighted by Gasteiger charge is 2.29. The summed E-state index contributed by atoms with van der Waals surface area (Å²) < 4.78 is 1.92. The average molecular weight is 246 g/mol. The number of hydrogen-bond acceptors (Lipinski definition) is 2. The molecule has 0 fully saturated rings. The van der Waals surface area contributed by atoms with Crippen molar-refractivity contribution in [1.29, 1.82) is 0 Å². The maximum absolute atomic E-state index is 9.66. The van der Waals surface area contributed by atoms with Crippen LogP contribution in [0.4, 0.5) is 0 Å². The highest BCUT2D eigenvalue weighted by Crippen LogP contribution is 2.32. The van der Waals surface area contributed by atoms with Crippen LogP contribution in [0.5, 0.6) is 0 Å². The fourth-order valence-electron chi connectivity index (χ4n) is 2.24. The molecule has 3 heteroatoms. The molecule has 0 spiro atoms. The number of rotatable bonds is 4. The van der Waals surface area contributed by atoms with Crippen molar-refractivity contribution in [1.82, 2.24) is 9.78 Å². The molecule has 0 saturated heterocycles. The van der Waals surface area contributed by atoms with Crippen LogP contribution in [0.15, 0.2) is 24.3 Å². The van der Waals surface area contributed by atoms with Gasteiger partial charge in [-0.05, 0) is 23.8 Å². The summed E-state index contributed by atoms with van der Waals surface area (Å²) in [5.74, 6) is 0.420. The zero-order chi connectivity index (χ0) is 13.3. The third kappa shape index (κ3) is 2.15. The SMILES string of the molecule is CC(C)C(C)(CO)Cc1nn(C)c2ccccc12. The Morgan fingerprint density at radius 3 is 2.61 bits per heavy atom. The molecule has 3 nitrogen and oxygen atoms in total. The number of nitrogens with zero attached hydrogens (tertiary/aromatic N) is 2. The first-order chi connectivity index (χ1) is 8.48. The number of para-hydroxylation sites is 1. The van der Waals surface area contributed by atoms with Crippen LogP contribution in [0.1, 0.15) is 26.5 Å².